The highest BCUT2D eigenvalue weighted by atomic mass is 32.2. The van der Waals surface area contributed by atoms with Gasteiger partial charge in [0.25, 0.3) is 16.0 Å². The zero-order valence-electron chi connectivity index (χ0n) is 16.8. The van der Waals surface area contributed by atoms with E-state index in [1.54, 1.807) is 24.1 Å². The number of carbonyl (C=O) groups excluding carboxylic acids is 1. The first-order chi connectivity index (χ1) is 14.3. The fourth-order valence-electron chi connectivity index (χ4n) is 4.07. The maximum absolute atomic E-state index is 13.0. The normalized spacial score (nSPS) is 16.7. The zero-order chi connectivity index (χ0) is 21.3. The lowest BCUT2D eigenvalue weighted by molar-refractivity contribution is 0.0996. The van der Waals surface area contributed by atoms with Crippen LogP contribution in [0.4, 0.5) is 5.69 Å². The Balaban J connectivity index is 1.56. The van der Waals surface area contributed by atoms with E-state index in [2.05, 4.69) is 0 Å². The van der Waals surface area contributed by atoms with Crippen LogP contribution in [0.25, 0.3) is 0 Å². The summed E-state index contributed by atoms with van der Waals surface area (Å²) in [5, 5.41) is 0. The molecule has 0 aromatic heterocycles. The molecule has 7 nitrogen and oxygen atoms in total. The van der Waals surface area contributed by atoms with Gasteiger partial charge in [-0.15, -0.1) is 0 Å². The Labute approximate surface area is 176 Å². The van der Waals surface area contributed by atoms with E-state index in [1.807, 2.05) is 24.3 Å². The van der Waals surface area contributed by atoms with Gasteiger partial charge in [0.1, 0.15) is 0 Å². The number of benzene rings is 2. The Bertz CT molecular complexity index is 1060. The topological polar surface area (TPSA) is 93.1 Å². The van der Waals surface area contributed by atoms with E-state index in [-0.39, 0.29) is 24.2 Å². The molecule has 2 aromatic rings. The summed E-state index contributed by atoms with van der Waals surface area (Å²) in [6, 6.07) is 10.8. The summed E-state index contributed by atoms with van der Waals surface area (Å²) >= 11 is 0. The second-order valence-corrected chi connectivity index (χ2v) is 9.35. The fraction of sp³-hybridized carbons (Fsp3) is 0.409. The average Bonchev–Trinajstić information content (AvgIpc) is 3.34. The van der Waals surface area contributed by atoms with Crippen LogP contribution in [0.3, 0.4) is 0 Å². The number of fused-ring (bicyclic) bond motifs is 1. The van der Waals surface area contributed by atoms with Crippen molar-refractivity contribution in [3.05, 3.63) is 53.1 Å². The van der Waals surface area contributed by atoms with E-state index in [9.17, 15) is 13.2 Å². The summed E-state index contributed by atoms with van der Waals surface area (Å²) in [6.07, 6.45) is 4.69. The first-order valence-corrected chi connectivity index (χ1v) is 11.7. The minimum absolute atomic E-state index is 0.143. The molecule has 160 valence electrons. The molecular weight excluding hydrogens is 406 g/mol. The van der Waals surface area contributed by atoms with Gasteiger partial charge in [-0.3, -0.25) is 9.35 Å². The minimum atomic E-state index is -4.05. The molecule has 4 rings (SSSR count). The van der Waals surface area contributed by atoms with Crippen LogP contribution in [-0.4, -0.2) is 37.8 Å². The maximum atomic E-state index is 13.0. The predicted molar refractivity (Wildman–Crippen MR) is 113 cm³/mol. The number of nitrogens with zero attached hydrogens (tertiary/aromatic N) is 1. The second-order valence-electron chi connectivity index (χ2n) is 7.78. The van der Waals surface area contributed by atoms with Crippen molar-refractivity contribution in [1.29, 1.82) is 0 Å². The van der Waals surface area contributed by atoms with Crippen LogP contribution in [-0.2, 0) is 23.1 Å². The Kier molecular flexibility index (Phi) is 5.71. The van der Waals surface area contributed by atoms with Crippen LogP contribution in [0, 0.1) is 0 Å². The van der Waals surface area contributed by atoms with Crippen molar-refractivity contribution in [3.8, 4) is 11.5 Å². The number of hydrogen-bond acceptors (Lipinski definition) is 5. The van der Waals surface area contributed by atoms with E-state index in [0.29, 0.717) is 29.2 Å². The van der Waals surface area contributed by atoms with Gasteiger partial charge >= 0.3 is 0 Å². The van der Waals surface area contributed by atoms with Crippen molar-refractivity contribution in [1.82, 2.24) is 0 Å². The molecule has 1 N–H and O–H groups in total. The molecule has 0 atom stereocenters. The van der Waals surface area contributed by atoms with Crippen LogP contribution >= 0.6 is 0 Å². The molecule has 2 aromatic carbocycles. The van der Waals surface area contributed by atoms with Crippen LogP contribution in [0.2, 0.25) is 0 Å². The van der Waals surface area contributed by atoms with E-state index in [1.165, 1.54) is 0 Å². The molecule has 1 aliphatic heterocycles. The molecule has 0 saturated heterocycles. The Hall–Kier alpha value is -2.58. The van der Waals surface area contributed by atoms with Gasteiger partial charge in [-0.05, 0) is 61.4 Å². The van der Waals surface area contributed by atoms with Crippen molar-refractivity contribution >= 4 is 21.7 Å². The van der Waals surface area contributed by atoms with Gasteiger partial charge in [0, 0.05) is 17.3 Å². The molecule has 0 spiro atoms. The lowest BCUT2D eigenvalue weighted by Gasteiger charge is -2.20. The van der Waals surface area contributed by atoms with Crippen molar-refractivity contribution in [2.24, 2.45) is 0 Å². The monoisotopic (exact) mass is 431 g/mol. The van der Waals surface area contributed by atoms with E-state index < -0.39 is 10.1 Å². The third kappa shape index (κ3) is 4.44. The van der Waals surface area contributed by atoms with Gasteiger partial charge in [-0.25, -0.2) is 0 Å². The lowest BCUT2D eigenvalue weighted by atomic mass is 10.0. The summed E-state index contributed by atoms with van der Waals surface area (Å²) in [5.41, 5.74) is 2.85. The maximum Gasteiger partial charge on any atom is 0.265 e. The molecular formula is C22H25NO6S. The number of hydrogen-bond donors (Lipinski definition) is 1. The molecule has 0 bridgehead atoms. The smallest absolute Gasteiger partial charge is 0.265 e. The molecule has 0 unspecified atom stereocenters. The van der Waals surface area contributed by atoms with Gasteiger partial charge in [-0.2, -0.15) is 8.42 Å². The van der Waals surface area contributed by atoms with E-state index in [4.69, 9.17) is 14.0 Å². The molecule has 30 heavy (non-hydrogen) atoms. The number of anilines is 1. The van der Waals surface area contributed by atoms with Gasteiger partial charge in [0.2, 0.25) is 0 Å². The number of amides is 1. The fourth-order valence-corrected chi connectivity index (χ4v) is 4.56. The minimum Gasteiger partial charge on any atom is -0.493 e. The summed E-state index contributed by atoms with van der Waals surface area (Å²) in [7, 11) is -2.45. The third-order valence-corrected chi connectivity index (χ3v) is 6.40. The van der Waals surface area contributed by atoms with E-state index >= 15 is 0 Å². The second kappa shape index (κ2) is 8.28. The Morgan fingerprint density at radius 1 is 1.10 bits per heavy atom. The zero-order valence-corrected chi connectivity index (χ0v) is 17.7. The molecule has 0 radical (unpaired) electrons. The summed E-state index contributed by atoms with van der Waals surface area (Å²) in [6.45, 7) is 0.432. The lowest BCUT2D eigenvalue weighted by Crippen LogP contribution is -2.23. The highest BCUT2D eigenvalue weighted by Crippen LogP contribution is 2.37. The SMILES string of the molecule is COc1ccc(N2Cc3ccc(CCS(=O)(=O)O)cc3C2=O)cc1OC1CCCC1. The van der Waals surface area contributed by atoms with Crippen LogP contribution in [0.1, 0.15) is 47.2 Å². The molecule has 2 aliphatic rings. The molecule has 1 fully saturated rings. The summed E-state index contributed by atoms with van der Waals surface area (Å²) < 4.78 is 42.6. The first kappa shape index (κ1) is 20.7. The molecule has 1 saturated carbocycles. The third-order valence-electron chi connectivity index (χ3n) is 5.68. The Morgan fingerprint density at radius 2 is 1.87 bits per heavy atom. The van der Waals surface area contributed by atoms with Crippen LogP contribution in [0.15, 0.2) is 36.4 Å². The number of methoxy groups -OCH3 is 1. The van der Waals surface area contributed by atoms with Gasteiger partial charge in [0.15, 0.2) is 11.5 Å². The Morgan fingerprint density at radius 3 is 2.57 bits per heavy atom. The average molecular weight is 432 g/mol. The number of aryl methyl sites for hydroxylation is 1. The van der Waals surface area contributed by atoms with Crippen LogP contribution < -0.4 is 14.4 Å². The van der Waals surface area contributed by atoms with Gasteiger partial charge < -0.3 is 14.4 Å². The molecule has 1 aliphatic carbocycles. The summed E-state index contributed by atoms with van der Waals surface area (Å²) in [4.78, 5) is 14.7. The number of rotatable bonds is 7. The van der Waals surface area contributed by atoms with Crippen LogP contribution in [0.5, 0.6) is 11.5 Å². The molecule has 1 amide bonds. The largest absolute Gasteiger partial charge is 0.493 e. The van der Waals surface area contributed by atoms with Crippen molar-refractivity contribution in [3.63, 3.8) is 0 Å². The number of ether oxygens (including phenoxy) is 2. The highest BCUT2D eigenvalue weighted by molar-refractivity contribution is 7.85. The van der Waals surface area contributed by atoms with Crippen molar-refractivity contribution in [2.75, 3.05) is 17.8 Å². The molecule has 1 heterocycles. The quantitative estimate of drug-likeness (QED) is 0.673. The predicted octanol–water partition coefficient (Wildman–Crippen LogP) is 3.61. The highest BCUT2D eigenvalue weighted by Gasteiger charge is 2.30. The van der Waals surface area contributed by atoms with E-state index in [0.717, 1.165) is 36.9 Å². The van der Waals surface area contributed by atoms with Gasteiger partial charge in [0.05, 0.1) is 25.5 Å². The van der Waals surface area contributed by atoms with Gasteiger partial charge in [-0.1, -0.05) is 12.1 Å². The summed E-state index contributed by atoms with van der Waals surface area (Å²) in [5.74, 6) is 0.766. The van der Waals surface area contributed by atoms with Crippen molar-refractivity contribution < 1.29 is 27.2 Å². The standard InChI is InChI=1S/C22H25NO6S/c1-28-20-9-8-17(13-21(20)29-18-4-2-3-5-18)23-14-16-7-6-15(10-11-30(25,26)27)12-19(16)22(23)24/h6-9,12-13,18H,2-5,10-11,14H2,1H3,(H,25,26,27). The van der Waals surface area contributed by atoms with Crippen molar-refractivity contribution in [2.45, 2.75) is 44.8 Å². The number of carbonyl (C=O) groups is 1. The molecule has 8 heteroatoms. The first-order valence-electron chi connectivity index (χ1n) is 10.1.